The molecule has 0 amide bonds. The Bertz CT molecular complexity index is 625. The summed E-state index contributed by atoms with van der Waals surface area (Å²) in [7, 11) is 1.69. The van der Waals surface area contributed by atoms with E-state index < -0.39 is 0 Å². The van der Waals surface area contributed by atoms with Crippen LogP contribution in [0.4, 0.5) is 0 Å². The van der Waals surface area contributed by atoms with E-state index in [9.17, 15) is 0 Å². The third-order valence-electron chi connectivity index (χ3n) is 3.70. The minimum absolute atomic E-state index is 0.00815. The van der Waals surface area contributed by atoms with Crippen molar-refractivity contribution in [1.29, 1.82) is 0 Å². The lowest BCUT2D eigenvalue weighted by Gasteiger charge is -2.20. The molecule has 1 unspecified atom stereocenters. The normalized spacial score (nSPS) is 12.2. The van der Waals surface area contributed by atoms with E-state index in [0.717, 1.165) is 34.7 Å². The molecule has 0 aliphatic carbocycles. The van der Waals surface area contributed by atoms with E-state index in [1.54, 1.807) is 7.11 Å². The van der Waals surface area contributed by atoms with E-state index >= 15 is 0 Å². The van der Waals surface area contributed by atoms with Crippen LogP contribution in [-0.2, 0) is 6.42 Å². The van der Waals surface area contributed by atoms with Crippen LogP contribution in [0.15, 0.2) is 30.3 Å². The Morgan fingerprint density at radius 2 is 1.95 bits per heavy atom. The predicted molar refractivity (Wildman–Crippen MR) is 85.2 cm³/mol. The van der Waals surface area contributed by atoms with Gasteiger partial charge in [0.2, 0.25) is 0 Å². The summed E-state index contributed by atoms with van der Waals surface area (Å²) in [6, 6.07) is 10.3. The Hall–Kier alpha value is -1.91. The highest BCUT2D eigenvalue weighted by Gasteiger charge is 2.16. The van der Waals surface area contributed by atoms with Crippen molar-refractivity contribution >= 4 is 0 Å². The van der Waals surface area contributed by atoms with Crippen LogP contribution in [0.1, 0.15) is 34.1 Å². The lowest BCUT2D eigenvalue weighted by Crippen LogP contribution is -2.30. The molecule has 0 saturated carbocycles. The fraction of sp³-hybridized carbons (Fsp3) is 0.353. The monoisotopic (exact) mass is 285 g/mol. The predicted octanol–water partition coefficient (Wildman–Crippen LogP) is 2.76. The van der Waals surface area contributed by atoms with E-state index in [4.69, 9.17) is 10.6 Å². The van der Waals surface area contributed by atoms with E-state index in [1.165, 1.54) is 5.56 Å². The summed E-state index contributed by atoms with van der Waals surface area (Å²) < 4.78 is 5.45. The zero-order valence-electron chi connectivity index (χ0n) is 13.1. The number of aryl methyl sites for hydroxylation is 3. The number of hydrogen-bond acceptors (Lipinski definition) is 4. The SMILES string of the molecule is COc1ccc(C)cc1CC(NN)c1ccc(C)nc1C. The van der Waals surface area contributed by atoms with E-state index in [1.807, 2.05) is 32.0 Å². The van der Waals surface area contributed by atoms with Crippen molar-refractivity contribution in [1.82, 2.24) is 10.4 Å². The standard InChI is InChI=1S/C17H23N3O/c1-11-5-8-17(21-4)14(9-11)10-16(20-18)15-7-6-12(2)19-13(15)3/h5-9,16,20H,10,18H2,1-4H3. The molecule has 1 heterocycles. The molecule has 2 rings (SSSR count). The number of nitrogens with zero attached hydrogens (tertiary/aromatic N) is 1. The van der Waals surface area contributed by atoms with Gasteiger partial charge in [0.1, 0.15) is 5.75 Å². The van der Waals surface area contributed by atoms with Crippen molar-refractivity contribution in [2.75, 3.05) is 7.11 Å². The first kappa shape index (κ1) is 15.5. The third-order valence-corrected chi connectivity index (χ3v) is 3.70. The summed E-state index contributed by atoms with van der Waals surface area (Å²) in [5.41, 5.74) is 8.39. The lowest BCUT2D eigenvalue weighted by molar-refractivity contribution is 0.405. The largest absolute Gasteiger partial charge is 0.496 e. The topological polar surface area (TPSA) is 60.2 Å². The first-order chi connectivity index (χ1) is 10.0. The van der Waals surface area contributed by atoms with Gasteiger partial charge in [-0.2, -0.15) is 0 Å². The Morgan fingerprint density at radius 3 is 2.57 bits per heavy atom. The number of nitrogens with one attached hydrogen (secondary N) is 1. The van der Waals surface area contributed by atoms with Gasteiger partial charge in [-0.1, -0.05) is 23.8 Å². The summed E-state index contributed by atoms with van der Waals surface area (Å²) >= 11 is 0. The average molecular weight is 285 g/mol. The molecule has 21 heavy (non-hydrogen) atoms. The van der Waals surface area contributed by atoms with Gasteiger partial charge in [-0.05, 0) is 50.5 Å². The Morgan fingerprint density at radius 1 is 1.19 bits per heavy atom. The number of rotatable bonds is 5. The maximum atomic E-state index is 5.77. The smallest absolute Gasteiger partial charge is 0.122 e. The van der Waals surface area contributed by atoms with Crippen LogP contribution in [0.2, 0.25) is 0 Å². The van der Waals surface area contributed by atoms with Crippen LogP contribution >= 0.6 is 0 Å². The molecule has 0 bridgehead atoms. The maximum Gasteiger partial charge on any atom is 0.122 e. The second-order valence-electron chi connectivity index (χ2n) is 5.37. The van der Waals surface area contributed by atoms with Crippen LogP contribution in [0, 0.1) is 20.8 Å². The molecule has 1 aromatic heterocycles. The van der Waals surface area contributed by atoms with Gasteiger partial charge in [-0.3, -0.25) is 16.3 Å². The average Bonchev–Trinajstić information content (AvgIpc) is 2.45. The quantitative estimate of drug-likeness (QED) is 0.655. The third kappa shape index (κ3) is 3.60. The van der Waals surface area contributed by atoms with Crippen LogP contribution in [0.3, 0.4) is 0 Å². The van der Waals surface area contributed by atoms with Crippen LogP contribution in [-0.4, -0.2) is 12.1 Å². The fourth-order valence-corrected chi connectivity index (χ4v) is 2.61. The van der Waals surface area contributed by atoms with Crippen LogP contribution < -0.4 is 16.0 Å². The van der Waals surface area contributed by atoms with Gasteiger partial charge in [0.25, 0.3) is 0 Å². The number of hydrogen-bond donors (Lipinski definition) is 2. The van der Waals surface area contributed by atoms with Gasteiger partial charge in [0.15, 0.2) is 0 Å². The molecule has 0 saturated heterocycles. The van der Waals surface area contributed by atoms with Gasteiger partial charge >= 0.3 is 0 Å². The number of ether oxygens (including phenoxy) is 1. The first-order valence-electron chi connectivity index (χ1n) is 7.09. The molecule has 0 aliphatic heterocycles. The molecule has 3 N–H and O–H groups in total. The van der Waals surface area contributed by atoms with Crippen molar-refractivity contribution in [3.05, 3.63) is 58.4 Å². The molecule has 2 aromatic rings. The highest BCUT2D eigenvalue weighted by molar-refractivity contribution is 5.39. The number of aromatic nitrogens is 1. The molecule has 112 valence electrons. The number of hydrazine groups is 1. The first-order valence-corrected chi connectivity index (χ1v) is 7.09. The molecular weight excluding hydrogens is 262 g/mol. The highest BCUT2D eigenvalue weighted by Crippen LogP contribution is 2.27. The second kappa shape index (κ2) is 6.70. The van der Waals surface area contributed by atoms with Crippen molar-refractivity contribution in [2.24, 2.45) is 5.84 Å². The molecule has 0 spiro atoms. The second-order valence-corrected chi connectivity index (χ2v) is 5.37. The Labute approximate surface area is 126 Å². The van der Waals surface area contributed by atoms with Crippen LogP contribution in [0.25, 0.3) is 0 Å². The molecule has 0 aliphatic rings. The van der Waals surface area contributed by atoms with Crippen LogP contribution in [0.5, 0.6) is 5.75 Å². The van der Waals surface area contributed by atoms with Gasteiger partial charge in [-0.25, -0.2) is 0 Å². The van der Waals surface area contributed by atoms with Gasteiger partial charge < -0.3 is 4.74 Å². The Kier molecular flexibility index (Phi) is 4.94. The molecule has 4 nitrogen and oxygen atoms in total. The summed E-state index contributed by atoms with van der Waals surface area (Å²) in [6.07, 6.45) is 0.757. The number of methoxy groups -OCH3 is 1. The maximum absolute atomic E-state index is 5.77. The van der Waals surface area contributed by atoms with E-state index in [0.29, 0.717) is 0 Å². The molecule has 0 fully saturated rings. The highest BCUT2D eigenvalue weighted by atomic mass is 16.5. The molecule has 1 atom stereocenters. The summed E-state index contributed by atoms with van der Waals surface area (Å²) in [5, 5.41) is 0. The Balaban J connectivity index is 2.33. The minimum atomic E-state index is 0.00815. The summed E-state index contributed by atoms with van der Waals surface area (Å²) in [5.74, 6) is 6.66. The number of nitrogens with two attached hydrogens (primary N) is 1. The molecule has 4 heteroatoms. The van der Waals surface area contributed by atoms with Gasteiger partial charge in [0.05, 0.1) is 13.2 Å². The van der Waals surface area contributed by atoms with Crippen molar-refractivity contribution in [2.45, 2.75) is 33.2 Å². The van der Waals surface area contributed by atoms with Gasteiger partial charge in [0, 0.05) is 11.4 Å². The van der Waals surface area contributed by atoms with E-state index in [2.05, 4.69) is 29.5 Å². The lowest BCUT2D eigenvalue weighted by atomic mass is 9.96. The molecular formula is C17H23N3O. The molecule has 0 radical (unpaired) electrons. The fourth-order valence-electron chi connectivity index (χ4n) is 2.61. The zero-order valence-corrected chi connectivity index (χ0v) is 13.1. The summed E-state index contributed by atoms with van der Waals surface area (Å²) in [6.45, 7) is 6.08. The number of pyridine rings is 1. The summed E-state index contributed by atoms with van der Waals surface area (Å²) in [4.78, 5) is 4.52. The van der Waals surface area contributed by atoms with Crippen molar-refractivity contribution in [3.63, 3.8) is 0 Å². The molecule has 1 aromatic carbocycles. The number of benzene rings is 1. The zero-order chi connectivity index (χ0) is 15.4. The van der Waals surface area contributed by atoms with Gasteiger partial charge in [-0.15, -0.1) is 0 Å². The van der Waals surface area contributed by atoms with Crippen molar-refractivity contribution < 1.29 is 4.74 Å². The van der Waals surface area contributed by atoms with Crippen molar-refractivity contribution in [3.8, 4) is 5.75 Å². The minimum Gasteiger partial charge on any atom is -0.496 e. The van der Waals surface area contributed by atoms with E-state index in [-0.39, 0.29) is 6.04 Å².